The monoisotopic (exact) mass is 774 g/mol. The maximum absolute atomic E-state index is 10.0. The molecule has 0 unspecified atom stereocenters. The predicted molar refractivity (Wildman–Crippen MR) is 143 cm³/mol. The van der Waals surface area contributed by atoms with Crippen molar-refractivity contribution in [1.29, 1.82) is 0 Å². The fraction of sp³-hybridized carbons (Fsp3) is 0.381. The van der Waals surface area contributed by atoms with Crippen molar-refractivity contribution in [2.75, 3.05) is 0 Å². The van der Waals surface area contributed by atoms with Gasteiger partial charge in [0.25, 0.3) is 0 Å². The van der Waals surface area contributed by atoms with Crippen LogP contribution in [0.2, 0.25) is 0 Å². The maximum atomic E-state index is 10.0. The Labute approximate surface area is 223 Å². The SMILES string of the molecule is CC(C)(C)c1cc(Br)c(C(=[N+]=[N-])c2c(Br)cc(C(C)(C)C)c(Br)c2Br)c(Br)c1Br. The number of halogens is 6. The van der Waals surface area contributed by atoms with E-state index in [0.29, 0.717) is 5.71 Å². The molecule has 2 aromatic rings. The molecule has 156 valence electrons. The van der Waals surface area contributed by atoms with Crippen LogP contribution >= 0.6 is 95.6 Å². The van der Waals surface area contributed by atoms with Gasteiger partial charge >= 0.3 is 5.71 Å². The molecule has 8 heteroatoms. The molecule has 29 heavy (non-hydrogen) atoms. The summed E-state index contributed by atoms with van der Waals surface area (Å²) in [5, 5.41) is 0. The highest BCUT2D eigenvalue weighted by molar-refractivity contribution is 9.13. The highest BCUT2D eigenvalue weighted by Gasteiger charge is 2.33. The molecule has 2 aromatic carbocycles. The number of nitrogens with zero attached hydrogens (tertiary/aromatic N) is 2. The van der Waals surface area contributed by atoms with Gasteiger partial charge in [0, 0.05) is 26.8 Å². The lowest BCUT2D eigenvalue weighted by atomic mass is 9.85. The van der Waals surface area contributed by atoms with E-state index >= 15 is 0 Å². The van der Waals surface area contributed by atoms with Gasteiger partial charge in [0.05, 0.1) is 11.1 Å². The molecule has 0 bridgehead atoms. The molecule has 0 fully saturated rings. The molecule has 0 saturated heterocycles. The molecule has 0 atom stereocenters. The second-order valence-corrected chi connectivity index (χ2v) is 13.6. The van der Waals surface area contributed by atoms with Crippen LogP contribution in [0, 0.1) is 0 Å². The zero-order valence-electron chi connectivity index (χ0n) is 16.8. The number of benzene rings is 2. The van der Waals surface area contributed by atoms with Gasteiger partial charge in [0.2, 0.25) is 0 Å². The van der Waals surface area contributed by atoms with Gasteiger partial charge in [0.1, 0.15) is 0 Å². The van der Waals surface area contributed by atoms with Crippen molar-refractivity contribution in [2.24, 2.45) is 0 Å². The summed E-state index contributed by atoms with van der Waals surface area (Å²) in [7, 11) is 0. The lowest BCUT2D eigenvalue weighted by molar-refractivity contribution is -0.00302. The minimum absolute atomic E-state index is 0.0581. The molecular formula is C21H20Br6N2. The van der Waals surface area contributed by atoms with E-state index in [-0.39, 0.29) is 10.8 Å². The Morgan fingerprint density at radius 1 is 0.655 bits per heavy atom. The highest BCUT2D eigenvalue weighted by Crippen LogP contribution is 2.45. The lowest BCUT2D eigenvalue weighted by Gasteiger charge is -2.24. The summed E-state index contributed by atoms with van der Waals surface area (Å²) in [6.45, 7) is 12.9. The molecule has 0 aromatic heterocycles. The summed E-state index contributed by atoms with van der Waals surface area (Å²) >= 11 is 22.3. The van der Waals surface area contributed by atoms with Crippen LogP contribution in [0.25, 0.3) is 5.53 Å². The third-order valence-corrected chi connectivity index (χ3v) is 10.1. The second-order valence-electron chi connectivity index (χ2n) is 8.77. The highest BCUT2D eigenvalue weighted by atomic mass is 79.9. The van der Waals surface area contributed by atoms with Gasteiger partial charge in [-0.15, -0.1) is 0 Å². The van der Waals surface area contributed by atoms with E-state index in [9.17, 15) is 5.53 Å². The third-order valence-electron chi connectivity index (χ3n) is 4.51. The zero-order valence-corrected chi connectivity index (χ0v) is 26.3. The average Bonchev–Trinajstić information content (AvgIpc) is 2.57. The summed E-state index contributed by atoms with van der Waals surface area (Å²) in [6.07, 6.45) is 0. The molecule has 0 N–H and O–H groups in total. The van der Waals surface area contributed by atoms with Gasteiger partial charge in [-0.05, 0) is 130 Å². The van der Waals surface area contributed by atoms with Crippen molar-refractivity contribution in [3.63, 3.8) is 0 Å². The van der Waals surface area contributed by atoms with Gasteiger partial charge in [-0.2, -0.15) is 4.79 Å². The Bertz CT molecular complexity index is 962. The van der Waals surface area contributed by atoms with Crippen LogP contribution in [-0.4, -0.2) is 10.5 Å². The minimum atomic E-state index is -0.0581. The molecule has 0 aliphatic heterocycles. The van der Waals surface area contributed by atoms with Crippen LogP contribution in [0.15, 0.2) is 39.0 Å². The number of hydrogen-bond donors (Lipinski definition) is 0. The fourth-order valence-electron chi connectivity index (χ4n) is 2.94. The Morgan fingerprint density at radius 2 is 0.966 bits per heavy atom. The molecule has 0 heterocycles. The normalized spacial score (nSPS) is 12.1. The lowest BCUT2D eigenvalue weighted by Crippen LogP contribution is -2.17. The molecule has 0 radical (unpaired) electrons. The van der Waals surface area contributed by atoms with Gasteiger partial charge in [0.15, 0.2) is 0 Å². The van der Waals surface area contributed by atoms with Gasteiger partial charge in [-0.1, -0.05) is 41.5 Å². The first-order valence-electron chi connectivity index (χ1n) is 8.71. The molecule has 2 nitrogen and oxygen atoms in total. The summed E-state index contributed by atoms with van der Waals surface area (Å²) in [5.74, 6) is 0. The minimum Gasteiger partial charge on any atom is -0.361 e. The van der Waals surface area contributed by atoms with E-state index in [0.717, 1.165) is 49.1 Å². The van der Waals surface area contributed by atoms with Crippen molar-refractivity contribution >= 4 is 101 Å². The van der Waals surface area contributed by atoms with E-state index in [2.05, 4.69) is 154 Å². The van der Waals surface area contributed by atoms with Gasteiger partial charge < -0.3 is 5.53 Å². The maximum Gasteiger partial charge on any atom is 0.334 e. The summed E-state index contributed by atoms with van der Waals surface area (Å²) in [4.78, 5) is 3.69. The average molecular weight is 780 g/mol. The van der Waals surface area contributed by atoms with Crippen LogP contribution in [0.4, 0.5) is 0 Å². The second kappa shape index (κ2) is 9.29. The van der Waals surface area contributed by atoms with E-state index in [1.165, 1.54) is 0 Å². The molecule has 0 spiro atoms. The van der Waals surface area contributed by atoms with Crippen LogP contribution in [0.1, 0.15) is 63.8 Å². The first-order chi connectivity index (χ1) is 13.1. The molecular weight excluding hydrogens is 760 g/mol. The van der Waals surface area contributed by atoms with Gasteiger partial charge in [-0.25, -0.2) is 0 Å². The van der Waals surface area contributed by atoms with Crippen LogP contribution in [0.3, 0.4) is 0 Å². The van der Waals surface area contributed by atoms with Crippen LogP contribution in [-0.2, 0) is 10.8 Å². The molecule has 0 aliphatic rings. The van der Waals surface area contributed by atoms with Crippen LogP contribution < -0.4 is 0 Å². The number of hydrogen-bond acceptors (Lipinski definition) is 0. The molecule has 0 amide bonds. The Kier molecular flexibility index (Phi) is 8.31. The zero-order chi connectivity index (χ0) is 22.5. The fourth-order valence-corrected chi connectivity index (χ4v) is 7.75. The van der Waals surface area contributed by atoms with Crippen molar-refractivity contribution in [2.45, 2.75) is 52.4 Å². The summed E-state index contributed by atoms with van der Waals surface area (Å²) in [6, 6.07) is 4.13. The van der Waals surface area contributed by atoms with Gasteiger partial charge in [-0.3, -0.25) is 0 Å². The van der Waals surface area contributed by atoms with Crippen molar-refractivity contribution in [3.8, 4) is 0 Å². The van der Waals surface area contributed by atoms with E-state index in [4.69, 9.17) is 0 Å². The van der Waals surface area contributed by atoms with Crippen molar-refractivity contribution in [3.05, 3.63) is 66.8 Å². The van der Waals surface area contributed by atoms with E-state index in [1.54, 1.807) is 0 Å². The molecule has 0 aliphatic carbocycles. The molecule has 2 rings (SSSR count). The summed E-state index contributed by atoms with van der Waals surface area (Å²) in [5.41, 5.74) is 14.1. The van der Waals surface area contributed by atoms with E-state index in [1.807, 2.05) is 0 Å². The quantitative estimate of drug-likeness (QED) is 0.126. The summed E-state index contributed by atoms with van der Waals surface area (Å²) < 4.78 is 5.17. The largest absolute Gasteiger partial charge is 0.361 e. The van der Waals surface area contributed by atoms with Crippen LogP contribution in [0.5, 0.6) is 0 Å². The number of rotatable bonds is 2. The topological polar surface area (TPSA) is 36.4 Å². The first-order valence-corrected chi connectivity index (χ1v) is 13.5. The van der Waals surface area contributed by atoms with E-state index < -0.39 is 0 Å². The van der Waals surface area contributed by atoms with Crippen molar-refractivity contribution in [1.82, 2.24) is 0 Å². The Balaban J connectivity index is 2.86. The smallest absolute Gasteiger partial charge is 0.334 e. The standard InChI is InChI=1S/C21H20Br6N2/c1-20(2,3)9-7-11(22)13(17(26)15(9)24)19(29-28)14-12(23)8-10(21(4,5)6)16(25)18(14)27/h7-8H,1-6H3. The van der Waals surface area contributed by atoms with Crippen molar-refractivity contribution < 1.29 is 4.79 Å². The Hall–Kier alpha value is 0.700. The Morgan fingerprint density at radius 3 is 1.21 bits per heavy atom. The predicted octanol–water partition coefficient (Wildman–Crippen LogP) is 9.92. The molecule has 0 saturated carbocycles. The first kappa shape index (κ1) is 26.0. The third kappa shape index (κ3) is 5.20.